The summed E-state index contributed by atoms with van der Waals surface area (Å²) in [5.41, 5.74) is -1.34. The van der Waals surface area contributed by atoms with Gasteiger partial charge in [-0.15, -0.1) is 4.72 Å². The molecular formula is C14H22N2O5S2. The average Bonchev–Trinajstić information content (AvgIpc) is 2.92. The third-order valence-corrected chi connectivity index (χ3v) is 5.42. The number of hydrogen-bond donors (Lipinski definition) is 1. The summed E-state index contributed by atoms with van der Waals surface area (Å²) in [6.45, 7) is 11.1. The predicted molar refractivity (Wildman–Crippen MR) is 86.4 cm³/mol. The molecule has 1 aliphatic heterocycles. The second kappa shape index (κ2) is 6.21. The largest absolute Gasteiger partial charge is 0.587 e. The lowest BCUT2D eigenvalue weighted by atomic mass is 10.1. The molecule has 1 amide bonds. The summed E-state index contributed by atoms with van der Waals surface area (Å²) < 4.78 is 31.4. The number of thiazole rings is 1. The van der Waals surface area contributed by atoms with Gasteiger partial charge in [0.25, 0.3) is 4.21 Å². The van der Waals surface area contributed by atoms with E-state index in [1.54, 1.807) is 20.8 Å². The van der Waals surface area contributed by atoms with Gasteiger partial charge in [0.05, 0.1) is 12.8 Å². The maximum atomic E-state index is 12.2. The van der Waals surface area contributed by atoms with Gasteiger partial charge in [0.15, 0.2) is 5.79 Å². The highest BCUT2D eigenvalue weighted by molar-refractivity contribution is 7.92. The first-order valence-corrected chi connectivity index (χ1v) is 9.09. The standard InChI is InChI=1S/C14H22N2O5S2/c1-12(2,3)20-11(17)16-23(18)9-7-15-10(22-9)14(6)8-19-13(4,5)21-14/h7H,8H2,1-6H3,(H,16,17). The van der Waals surface area contributed by atoms with Crippen molar-refractivity contribution in [3.05, 3.63) is 11.2 Å². The molecule has 1 fully saturated rings. The topological polar surface area (TPSA) is 92.7 Å². The number of carbonyl (C=O) groups excluding carboxylic acids is 1. The van der Waals surface area contributed by atoms with Crippen LogP contribution in [0.25, 0.3) is 0 Å². The number of aromatic nitrogens is 1. The zero-order chi connectivity index (χ0) is 17.5. The third-order valence-electron chi connectivity index (χ3n) is 2.86. The van der Waals surface area contributed by atoms with Crippen LogP contribution >= 0.6 is 11.3 Å². The van der Waals surface area contributed by atoms with Gasteiger partial charge in [-0.25, -0.2) is 9.78 Å². The Morgan fingerprint density at radius 1 is 1.48 bits per heavy atom. The van der Waals surface area contributed by atoms with Gasteiger partial charge in [-0.3, -0.25) is 0 Å². The lowest BCUT2D eigenvalue weighted by molar-refractivity contribution is -0.159. The summed E-state index contributed by atoms with van der Waals surface area (Å²) >= 11 is -0.519. The molecule has 23 heavy (non-hydrogen) atoms. The highest BCUT2D eigenvalue weighted by Crippen LogP contribution is 2.40. The summed E-state index contributed by atoms with van der Waals surface area (Å²) in [6.07, 6.45) is 0.728. The normalized spacial score (nSPS) is 25.2. The van der Waals surface area contributed by atoms with Crippen LogP contribution in [0.2, 0.25) is 0 Å². The van der Waals surface area contributed by atoms with Gasteiger partial charge in [-0.1, -0.05) is 11.3 Å². The lowest BCUT2D eigenvalue weighted by Gasteiger charge is -2.22. The summed E-state index contributed by atoms with van der Waals surface area (Å²) in [6, 6.07) is 0. The molecule has 0 saturated carbocycles. The molecule has 9 heteroatoms. The fraction of sp³-hybridized carbons (Fsp3) is 0.714. The Hall–Kier alpha value is -0.870. The average molecular weight is 362 g/mol. The number of nitrogens with zero attached hydrogens (tertiary/aromatic N) is 1. The fourth-order valence-electron chi connectivity index (χ4n) is 2.03. The minimum atomic E-state index is -1.73. The second-order valence-corrected chi connectivity index (χ2v) is 9.35. The molecule has 1 N–H and O–H groups in total. The van der Waals surface area contributed by atoms with Gasteiger partial charge < -0.3 is 18.8 Å². The summed E-state index contributed by atoms with van der Waals surface area (Å²) in [4.78, 5) is 15.9. The molecule has 2 unspecified atom stereocenters. The van der Waals surface area contributed by atoms with E-state index in [2.05, 4.69) is 9.71 Å². The van der Waals surface area contributed by atoms with Gasteiger partial charge in [0, 0.05) is 0 Å². The van der Waals surface area contributed by atoms with E-state index in [0.717, 1.165) is 0 Å². The van der Waals surface area contributed by atoms with Crippen LogP contribution in [0.15, 0.2) is 10.4 Å². The molecule has 2 heterocycles. The number of amides is 1. The van der Waals surface area contributed by atoms with Crippen LogP contribution in [-0.2, 0) is 31.2 Å². The number of rotatable bonds is 3. The molecule has 0 bridgehead atoms. The minimum absolute atomic E-state index is 0.360. The van der Waals surface area contributed by atoms with Gasteiger partial charge in [0.1, 0.15) is 27.6 Å². The molecule has 1 aliphatic rings. The lowest BCUT2D eigenvalue weighted by Crippen LogP contribution is -2.36. The highest BCUT2D eigenvalue weighted by atomic mass is 32.2. The van der Waals surface area contributed by atoms with E-state index >= 15 is 0 Å². The monoisotopic (exact) mass is 362 g/mol. The molecule has 1 aromatic heterocycles. The Balaban J connectivity index is 2.03. The molecule has 2 rings (SSSR count). The zero-order valence-electron chi connectivity index (χ0n) is 14.1. The van der Waals surface area contributed by atoms with E-state index in [1.807, 2.05) is 20.8 Å². The zero-order valence-corrected chi connectivity index (χ0v) is 15.7. The van der Waals surface area contributed by atoms with Crippen LogP contribution in [0.5, 0.6) is 0 Å². The maximum Gasteiger partial charge on any atom is 0.449 e. The number of hydrogen-bond acceptors (Lipinski definition) is 7. The van der Waals surface area contributed by atoms with Crippen molar-refractivity contribution < 1.29 is 23.6 Å². The molecule has 130 valence electrons. The first-order valence-electron chi connectivity index (χ1n) is 7.12. The van der Waals surface area contributed by atoms with Crippen molar-refractivity contribution in [2.24, 2.45) is 0 Å². The molecule has 1 saturated heterocycles. The Morgan fingerprint density at radius 3 is 2.65 bits per heavy atom. The molecule has 7 nitrogen and oxygen atoms in total. The van der Waals surface area contributed by atoms with Crippen LogP contribution in [0, 0.1) is 0 Å². The molecule has 0 aliphatic carbocycles. The van der Waals surface area contributed by atoms with E-state index in [9.17, 15) is 9.35 Å². The van der Waals surface area contributed by atoms with Gasteiger partial charge in [0.2, 0.25) is 0 Å². The van der Waals surface area contributed by atoms with E-state index in [0.29, 0.717) is 15.8 Å². The summed E-state index contributed by atoms with van der Waals surface area (Å²) in [7, 11) is 0. The Morgan fingerprint density at radius 2 is 2.13 bits per heavy atom. The maximum absolute atomic E-state index is 12.2. The third kappa shape index (κ3) is 4.80. The Bertz CT molecular complexity index is 584. The van der Waals surface area contributed by atoms with Crippen LogP contribution in [0.4, 0.5) is 4.79 Å². The molecule has 0 spiro atoms. The van der Waals surface area contributed by atoms with Crippen molar-refractivity contribution in [1.82, 2.24) is 9.71 Å². The van der Waals surface area contributed by atoms with Crippen molar-refractivity contribution in [3.8, 4) is 0 Å². The first-order chi connectivity index (χ1) is 10.4. The quantitative estimate of drug-likeness (QED) is 0.831. The summed E-state index contributed by atoms with van der Waals surface area (Å²) in [5.74, 6) is -0.686. The van der Waals surface area contributed by atoms with Crippen LogP contribution in [-0.4, -0.2) is 33.6 Å². The molecule has 0 aromatic carbocycles. The first kappa shape index (κ1) is 18.5. The van der Waals surface area contributed by atoms with Crippen molar-refractivity contribution >= 4 is 28.8 Å². The van der Waals surface area contributed by atoms with Crippen molar-refractivity contribution in [2.45, 2.75) is 62.7 Å². The fourth-order valence-corrected chi connectivity index (χ4v) is 3.86. The van der Waals surface area contributed by atoms with Crippen LogP contribution < -0.4 is 4.72 Å². The molecular weight excluding hydrogens is 340 g/mol. The van der Waals surface area contributed by atoms with E-state index in [4.69, 9.17) is 14.2 Å². The van der Waals surface area contributed by atoms with E-state index in [-0.39, 0.29) is 0 Å². The SMILES string of the molecule is CC(C)(C)OC(=O)N[S+]([O-])c1cnc(C2(C)COC(C)(C)O2)s1. The smallest absolute Gasteiger partial charge is 0.449 e. The van der Waals surface area contributed by atoms with Crippen molar-refractivity contribution in [3.63, 3.8) is 0 Å². The molecule has 1 aromatic rings. The van der Waals surface area contributed by atoms with Gasteiger partial charge >= 0.3 is 6.09 Å². The van der Waals surface area contributed by atoms with Crippen LogP contribution in [0.3, 0.4) is 0 Å². The predicted octanol–water partition coefficient (Wildman–Crippen LogP) is 2.69. The number of nitrogens with one attached hydrogen (secondary N) is 1. The van der Waals surface area contributed by atoms with Crippen LogP contribution in [0.1, 0.15) is 46.6 Å². The van der Waals surface area contributed by atoms with Crippen molar-refractivity contribution in [2.75, 3.05) is 6.61 Å². The van der Waals surface area contributed by atoms with Gasteiger partial charge in [-0.2, -0.15) is 0 Å². The number of carbonyl (C=O) groups is 1. The minimum Gasteiger partial charge on any atom is -0.587 e. The highest BCUT2D eigenvalue weighted by Gasteiger charge is 2.45. The summed E-state index contributed by atoms with van der Waals surface area (Å²) in [5, 5.41) is 0.650. The molecule has 0 radical (unpaired) electrons. The van der Waals surface area contributed by atoms with E-state index < -0.39 is 34.4 Å². The Kier molecular flexibility index (Phi) is 4.99. The Labute approximate surface area is 143 Å². The van der Waals surface area contributed by atoms with Crippen molar-refractivity contribution in [1.29, 1.82) is 0 Å². The van der Waals surface area contributed by atoms with Gasteiger partial charge in [-0.05, 0) is 41.5 Å². The molecule has 2 atom stereocenters. The van der Waals surface area contributed by atoms with E-state index in [1.165, 1.54) is 17.5 Å². The second-order valence-electron chi connectivity index (χ2n) is 6.88. The number of ether oxygens (including phenoxy) is 3.